The number of rotatable bonds is 2. The van der Waals surface area contributed by atoms with Gasteiger partial charge in [0.1, 0.15) is 17.3 Å². The fourth-order valence-corrected chi connectivity index (χ4v) is 4.83. The Hall–Kier alpha value is -2.92. The Kier molecular flexibility index (Phi) is 4.10. The van der Waals surface area contributed by atoms with Crippen LogP contribution in [0, 0.1) is 17.1 Å². The first-order chi connectivity index (χ1) is 14.0. The molecule has 1 aliphatic heterocycles. The molecular formula is C21H24FN7. The Labute approximate surface area is 168 Å². The first kappa shape index (κ1) is 18.1. The molecule has 3 aromatic heterocycles. The van der Waals surface area contributed by atoms with Gasteiger partial charge in [-0.15, -0.1) is 0 Å². The average molecular weight is 393 g/mol. The number of anilines is 1. The highest BCUT2D eigenvalue weighted by Crippen LogP contribution is 2.35. The SMILES string of the molecule is C[C@@H]1CN(c2ccc(C#N)n3ncc(F)c23)Cc2c3c(nn21)CC(N(C)C)CC3. The molecule has 1 unspecified atom stereocenters. The molecule has 7 nitrogen and oxygen atoms in total. The van der Waals surface area contributed by atoms with Gasteiger partial charge >= 0.3 is 0 Å². The highest BCUT2D eigenvalue weighted by atomic mass is 19.1. The lowest BCUT2D eigenvalue weighted by atomic mass is 9.90. The summed E-state index contributed by atoms with van der Waals surface area (Å²) < 4.78 is 18.1. The topological polar surface area (TPSA) is 65.4 Å². The van der Waals surface area contributed by atoms with Crippen molar-refractivity contribution in [3.8, 4) is 6.07 Å². The van der Waals surface area contributed by atoms with Crippen molar-refractivity contribution in [3.05, 3.63) is 46.8 Å². The number of hydrogen-bond donors (Lipinski definition) is 0. The van der Waals surface area contributed by atoms with Crippen molar-refractivity contribution in [1.82, 2.24) is 24.3 Å². The second-order valence-electron chi connectivity index (χ2n) is 8.37. The number of fused-ring (bicyclic) bond motifs is 4. The molecule has 8 heteroatoms. The summed E-state index contributed by atoms with van der Waals surface area (Å²) in [5.74, 6) is -0.403. The lowest BCUT2D eigenvalue weighted by molar-refractivity contribution is 0.266. The summed E-state index contributed by atoms with van der Waals surface area (Å²) in [5, 5.41) is 18.3. The molecule has 2 aliphatic rings. The fourth-order valence-electron chi connectivity index (χ4n) is 4.83. The lowest BCUT2D eigenvalue weighted by Gasteiger charge is -2.35. The Balaban J connectivity index is 1.56. The van der Waals surface area contributed by atoms with Gasteiger partial charge in [0, 0.05) is 19.0 Å². The zero-order valence-corrected chi connectivity index (χ0v) is 16.9. The van der Waals surface area contributed by atoms with Crippen LogP contribution >= 0.6 is 0 Å². The molecule has 0 amide bonds. The molecule has 0 fully saturated rings. The van der Waals surface area contributed by atoms with Crippen molar-refractivity contribution in [2.24, 2.45) is 0 Å². The van der Waals surface area contributed by atoms with E-state index in [2.05, 4.69) is 46.7 Å². The van der Waals surface area contributed by atoms with Crippen LogP contribution in [0.1, 0.15) is 42.0 Å². The maximum Gasteiger partial charge on any atom is 0.171 e. The quantitative estimate of drug-likeness (QED) is 0.669. The molecule has 0 aromatic carbocycles. The summed E-state index contributed by atoms with van der Waals surface area (Å²) in [7, 11) is 4.26. The molecule has 0 spiro atoms. The summed E-state index contributed by atoms with van der Waals surface area (Å²) in [6.45, 7) is 3.58. The van der Waals surface area contributed by atoms with Crippen LogP contribution in [0.3, 0.4) is 0 Å². The fraction of sp³-hybridized carbons (Fsp3) is 0.476. The molecule has 0 saturated carbocycles. The molecule has 0 N–H and O–H groups in total. The number of nitriles is 1. The van der Waals surface area contributed by atoms with Gasteiger partial charge < -0.3 is 9.80 Å². The minimum atomic E-state index is -0.403. The highest BCUT2D eigenvalue weighted by molar-refractivity contribution is 5.75. The van der Waals surface area contributed by atoms with Gasteiger partial charge in [0.2, 0.25) is 0 Å². The van der Waals surface area contributed by atoms with Crippen LogP contribution in [-0.2, 0) is 19.4 Å². The van der Waals surface area contributed by atoms with Crippen molar-refractivity contribution in [3.63, 3.8) is 0 Å². The summed E-state index contributed by atoms with van der Waals surface area (Å²) in [6, 6.07) is 6.35. The lowest BCUT2D eigenvalue weighted by Crippen LogP contribution is -2.37. The second kappa shape index (κ2) is 6.56. The van der Waals surface area contributed by atoms with E-state index < -0.39 is 5.82 Å². The van der Waals surface area contributed by atoms with Crippen LogP contribution in [0.4, 0.5) is 10.1 Å². The van der Waals surface area contributed by atoms with Crippen molar-refractivity contribution >= 4 is 11.2 Å². The normalized spacial score (nSPS) is 21.3. The number of halogens is 1. The third-order valence-corrected chi connectivity index (χ3v) is 6.38. The standard InChI is InChI=1S/C21H24FN7/c1-13-11-27(19-7-5-15(9-23)29-21(19)17(22)10-24-29)12-20-16-6-4-14(26(2)3)8-18(16)25-28(13)20/h5,7,10,13-14H,4,6,8,11-12H2,1-3H3/t13-,14?/m1/s1. The molecule has 3 aromatic rings. The number of nitrogens with zero attached hydrogens (tertiary/aromatic N) is 7. The van der Waals surface area contributed by atoms with Crippen LogP contribution in [0.2, 0.25) is 0 Å². The number of hydrogen-bond acceptors (Lipinski definition) is 5. The van der Waals surface area contributed by atoms with Crippen molar-refractivity contribution in [2.45, 2.75) is 44.8 Å². The zero-order chi connectivity index (χ0) is 20.3. The highest BCUT2D eigenvalue weighted by Gasteiger charge is 2.33. The molecule has 150 valence electrons. The Bertz CT molecular complexity index is 1140. The van der Waals surface area contributed by atoms with Crippen LogP contribution < -0.4 is 4.90 Å². The first-order valence-electron chi connectivity index (χ1n) is 10.0. The minimum absolute atomic E-state index is 0.184. The first-order valence-corrected chi connectivity index (χ1v) is 10.0. The van der Waals surface area contributed by atoms with Gasteiger partial charge in [0.15, 0.2) is 5.82 Å². The third kappa shape index (κ3) is 2.72. The summed E-state index contributed by atoms with van der Waals surface area (Å²) >= 11 is 0. The Morgan fingerprint density at radius 3 is 2.90 bits per heavy atom. The number of aromatic nitrogens is 4. The van der Waals surface area contributed by atoms with Gasteiger partial charge in [0.25, 0.3) is 0 Å². The average Bonchev–Trinajstić information content (AvgIpc) is 3.28. The summed E-state index contributed by atoms with van der Waals surface area (Å²) in [4.78, 5) is 4.48. The van der Waals surface area contributed by atoms with Gasteiger partial charge in [-0.05, 0) is 51.6 Å². The number of likely N-dealkylation sites (N-methyl/N-ethyl adjacent to an activating group) is 1. The van der Waals surface area contributed by atoms with Gasteiger partial charge in [-0.1, -0.05) is 0 Å². The van der Waals surface area contributed by atoms with Gasteiger partial charge in [-0.2, -0.15) is 15.5 Å². The smallest absolute Gasteiger partial charge is 0.171 e. The minimum Gasteiger partial charge on any atom is -0.362 e. The summed E-state index contributed by atoms with van der Waals surface area (Å²) in [5.41, 5.74) is 5.27. The van der Waals surface area contributed by atoms with Gasteiger partial charge in [0.05, 0.1) is 35.9 Å². The molecule has 29 heavy (non-hydrogen) atoms. The maximum atomic E-state index is 14.6. The van der Waals surface area contributed by atoms with E-state index in [-0.39, 0.29) is 6.04 Å². The van der Waals surface area contributed by atoms with E-state index in [4.69, 9.17) is 5.10 Å². The Morgan fingerprint density at radius 2 is 2.14 bits per heavy atom. The monoisotopic (exact) mass is 393 g/mol. The molecule has 0 bridgehead atoms. The Morgan fingerprint density at radius 1 is 1.31 bits per heavy atom. The molecule has 0 saturated heterocycles. The molecule has 5 rings (SSSR count). The van der Waals surface area contributed by atoms with E-state index in [0.717, 1.165) is 31.5 Å². The maximum absolute atomic E-state index is 14.6. The third-order valence-electron chi connectivity index (χ3n) is 6.38. The van der Waals surface area contributed by atoms with E-state index in [0.29, 0.717) is 23.8 Å². The molecular weight excluding hydrogens is 369 g/mol. The van der Waals surface area contributed by atoms with Crippen molar-refractivity contribution in [2.75, 3.05) is 25.5 Å². The van der Waals surface area contributed by atoms with Crippen LogP contribution in [0.25, 0.3) is 5.52 Å². The van der Waals surface area contributed by atoms with Crippen LogP contribution in [0.5, 0.6) is 0 Å². The largest absolute Gasteiger partial charge is 0.362 e. The van der Waals surface area contributed by atoms with Crippen molar-refractivity contribution < 1.29 is 4.39 Å². The molecule has 1 aliphatic carbocycles. The predicted molar refractivity (Wildman–Crippen MR) is 107 cm³/mol. The van der Waals surface area contributed by atoms with E-state index in [1.54, 1.807) is 6.07 Å². The van der Waals surface area contributed by atoms with Gasteiger partial charge in [-0.25, -0.2) is 8.91 Å². The van der Waals surface area contributed by atoms with Crippen LogP contribution in [-0.4, -0.2) is 51.0 Å². The van der Waals surface area contributed by atoms with E-state index in [1.807, 2.05) is 6.07 Å². The number of pyridine rings is 1. The molecule has 2 atom stereocenters. The van der Waals surface area contributed by atoms with E-state index in [1.165, 1.54) is 27.7 Å². The second-order valence-corrected chi connectivity index (χ2v) is 8.37. The molecule has 4 heterocycles. The van der Waals surface area contributed by atoms with E-state index in [9.17, 15) is 9.65 Å². The summed E-state index contributed by atoms with van der Waals surface area (Å²) in [6.07, 6.45) is 4.32. The molecule has 0 radical (unpaired) electrons. The van der Waals surface area contributed by atoms with Crippen LogP contribution in [0.15, 0.2) is 18.3 Å². The predicted octanol–water partition coefficient (Wildman–Crippen LogP) is 2.54. The van der Waals surface area contributed by atoms with Gasteiger partial charge in [-0.3, -0.25) is 4.68 Å². The van der Waals surface area contributed by atoms with Crippen molar-refractivity contribution in [1.29, 1.82) is 5.26 Å². The van der Waals surface area contributed by atoms with E-state index >= 15 is 0 Å². The zero-order valence-electron chi connectivity index (χ0n) is 16.9.